The first-order valence-electron chi connectivity index (χ1n) is 6.34. The van der Waals surface area contributed by atoms with E-state index < -0.39 is 0 Å². The summed E-state index contributed by atoms with van der Waals surface area (Å²) in [6.45, 7) is 4.11. The largest absolute Gasteiger partial charge is 0.409 e. The van der Waals surface area contributed by atoms with Crippen LogP contribution in [0.1, 0.15) is 19.0 Å². The number of hydrogen-bond acceptors (Lipinski definition) is 4. The Bertz CT molecular complexity index is 530. The third-order valence-electron chi connectivity index (χ3n) is 2.85. The summed E-state index contributed by atoms with van der Waals surface area (Å²) in [5.74, 6) is 0.220. The molecule has 0 amide bonds. The number of aromatic nitrogens is 2. The smallest absolute Gasteiger partial charge is 0.153 e. The lowest BCUT2D eigenvalue weighted by atomic mass is 10.3. The second kappa shape index (κ2) is 6.19. The van der Waals surface area contributed by atoms with E-state index in [1.807, 2.05) is 35.0 Å². The molecule has 0 aromatic carbocycles. The highest BCUT2D eigenvalue weighted by atomic mass is 16.4. The van der Waals surface area contributed by atoms with E-state index in [4.69, 9.17) is 10.9 Å². The van der Waals surface area contributed by atoms with E-state index >= 15 is 0 Å². The van der Waals surface area contributed by atoms with Crippen LogP contribution in [0.15, 0.2) is 35.7 Å². The average molecular weight is 261 g/mol. The molecule has 2 rings (SSSR count). The molecule has 6 heteroatoms. The second-order valence-electron chi connectivity index (χ2n) is 4.50. The van der Waals surface area contributed by atoms with Gasteiger partial charge in [-0.3, -0.25) is 4.90 Å². The van der Waals surface area contributed by atoms with E-state index in [0.29, 0.717) is 13.1 Å². The molecule has 0 aliphatic carbocycles. The maximum Gasteiger partial charge on any atom is 0.153 e. The van der Waals surface area contributed by atoms with Crippen molar-refractivity contribution in [3.63, 3.8) is 0 Å². The van der Waals surface area contributed by atoms with Gasteiger partial charge in [0.2, 0.25) is 0 Å². The predicted octanol–water partition coefficient (Wildman–Crippen LogP) is 1.29. The van der Waals surface area contributed by atoms with Crippen LogP contribution < -0.4 is 5.73 Å². The number of hydrogen-bond donors (Lipinski definition) is 2. The maximum absolute atomic E-state index is 8.65. The van der Waals surface area contributed by atoms with Gasteiger partial charge in [0, 0.05) is 18.9 Å². The van der Waals surface area contributed by atoms with E-state index in [1.54, 1.807) is 0 Å². The fraction of sp³-hybridized carbons (Fsp3) is 0.385. The molecule has 0 atom stereocenters. The minimum atomic E-state index is 0.220. The molecule has 3 N–H and O–H groups in total. The van der Waals surface area contributed by atoms with Crippen LogP contribution >= 0.6 is 0 Å². The van der Waals surface area contributed by atoms with Crippen molar-refractivity contribution in [2.24, 2.45) is 10.9 Å². The molecule has 2 aromatic heterocycles. The summed E-state index contributed by atoms with van der Waals surface area (Å²) < 4.78 is 1.99. The van der Waals surface area contributed by atoms with Crippen LogP contribution in [0.3, 0.4) is 0 Å². The van der Waals surface area contributed by atoms with Gasteiger partial charge in [0.1, 0.15) is 5.65 Å². The molecule has 0 fully saturated rings. The monoisotopic (exact) mass is 261 g/mol. The summed E-state index contributed by atoms with van der Waals surface area (Å²) in [5, 5.41) is 11.7. The Kier molecular flexibility index (Phi) is 4.35. The van der Waals surface area contributed by atoms with Crippen molar-refractivity contribution in [2.45, 2.75) is 19.9 Å². The van der Waals surface area contributed by atoms with Crippen LogP contribution in [-0.4, -0.2) is 38.4 Å². The summed E-state index contributed by atoms with van der Waals surface area (Å²) in [4.78, 5) is 6.65. The van der Waals surface area contributed by atoms with Gasteiger partial charge in [-0.05, 0) is 25.1 Å². The van der Waals surface area contributed by atoms with Gasteiger partial charge in [-0.25, -0.2) is 4.98 Å². The molecule has 2 aromatic rings. The van der Waals surface area contributed by atoms with Crippen molar-refractivity contribution < 1.29 is 5.21 Å². The Morgan fingerprint density at radius 1 is 1.53 bits per heavy atom. The Morgan fingerprint density at radius 2 is 2.37 bits per heavy atom. The molecule has 19 heavy (non-hydrogen) atoms. The first kappa shape index (κ1) is 13.4. The molecule has 0 saturated carbocycles. The van der Waals surface area contributed by atoms with Crippen molar-refractivity contribution in [3.8, 4) is 0 Å². The van der Waals surface area contributed by atoms with Crippen molar-refractivity contribution in [3.05, 3.63) is 36.3 Å². The zero-order valence-electron chi connectivity index (χ0n) is 11.0. The lowest BCUT2D eigenvalue weighted by Gasteiger charge is -2.19. The Morgan fingerprint density at radius 3 is 3.05 bits per heavy atom. The molecule has 0 saturated heterocycles. The molecular formula is C13H19N5O. The van der Waals surface area contributed by atoms with Crippen molar-refractivity contribution in [1.82, 2.24) is 14.3 Å². The Balaban J connectivity index is 2.11. The zero-order chi connectivity index (χ0) is 13.7. The minimum Gasteiger partial charge on any atom is -0.409 e. The van der Waals surface area contributed by atoms with Gasteiger partial charge in [0.15, 0.2) is 5.84 Å². The number of rotatable bonds is 6. The van der Waals surface area contributed by atoms with Crippen LogP contribution in [0.4, 0.5) is 0 Å². The van der Waals surface area contributed by atoms with Crippen LogP contribution in [0.2, 0.25) is 0 Å². The van der Waals surface area contributed by atoms with E-state index in [0.717, 1.165) is 24.3 Å². The third-order valence-corrected chi connectivity index (χ3v) is 2.85. The van der Waals surface area contributed by atoms with Crippen molar-refractivity contribution >= 4 is 11.5 Å². The Labute approximate surface area is 112 Å². The lowest BCUT2D eigenvalue weighted by Crippen LogP contribution is -2.34. The number of imidazole rings is 1. The molecule has 0 spiro atoms. The quantitative estimate of drug-likeness (QED) is 0.355. The summed E-state index contributed by atoms with van der Waals surface area (Å²) in [7, 11) is 0. The van der Waals surface area contributed by atoms with Gasteiger partial charge < -0.3 is 15.3 Å². The first-order chi connectivity index (χ1) is 9.22. The van der Waals surface area contributed by atoms with E-state index in [1.165, 1.54) is 0 Å². The van der Waals surface area contributed by atoms with Gasteiger partial charge in [-0.15, -0.1) is 0 Å². The number of fused-ring (bicyclic) bond motifs is 1. The first-order valence-corrected chi connectivity index (χ1v) is 6.34. The number of amidine groups is 1. The van der Waals surface area contributed by atoms with Gasteiger partial charge >= 0.3 is 0 Å². The van der Waals surface area contributed by atoms with Crippen LogP contribution in [0.5, 0.6) is 0 Å². The highest BCUT2D eigenvalue weighted by Gasteiger charge is 2.10. The van der Waals surface area contributed by atoms with Gasteiger partial charge in [0.25, 0.3) is 0 Å². The topological polar surface area (TPSA) is 79.1 Å². The normalized spacial score (nSPS) is 12.4. The average Bonchev–Trinajstić information content (AvgIpc) is 2.80. The van der Waals surface area contributed by atoms with Gasteiger partial charge in [-0.1, -0.05) is 18.1 Å². The van der Waals surface area contributed by atoms with Gasteiger partial charge in [-0.2, -0.15) is 0 Å². The highest BCUT2D eigenvalue weighted by Crippen LogP contribution is 2.07. The SMILES string of the molecule is CCCN(CC(N)=NO)Cc1cn2ccccc2n1. The number of pyridine rings is 1. The number of nitrogens with two attached hydrogens (primary N) is 1. The lowest BCUT2D eigenvalue weighted by molar-refractivity contribution is 0.284. The molecule has 102 valence electrons. The highest BCUT2D eigenvalue weighted by molar-refractivity contribution is 5.81. The third kappa shape index (κ3) is 3.45. The van der Waals surface area contributed by atoms with Gasteiger partial charge in [0.05, 0.1) is 12.2 Å². The molecule has 0 aliphatic heterocycles. The summed E-state index contributed by atoms with van der Waals surface area (Å²) in [6.07, 6.45) is 4.98. The summed E-state index contributed by atoms with van der Waals surface area (Å²) in [5.41, 5.74) is 7.47. The zero-order valence-corrected chi connectivity index (χ0v) is 11.0. The van der Waals surface area contributed by atoms with Crippen molar-refractivity contribution in [2.75, 3.05) is 13.1 Å². The molecule has 0 aliphatic rings. The molecule has 2 heterocycles. The van der Waals surface area contributed by atoms with Crippen LogP contribution in [-0.2, 0) is 6.54 Å². The van der Waals surface area contributed by atoms with Crippen LogP contribution in [0.25, 0.3) is 5.65 Å². The van der Waals surface area contributed by atoms with E-state index in [-0.39, 0.29) is 5.84 Å². The van der Waals surface area contributed by atoms with Crippen LogP contribution in [0, 0.1) is 0 Å². The fourth-order valence-electron chi connectivity index (χ4n) is 2.08. The molecule has 6 nitrogen and oxygen atoms in total. The second-order valence-corrected chi connectivity index (χ2v) is 4.50. The summed E-state index contributed by atoms with van der Waals surface area (Å²) >= 11 is 0. The Hall–Kier alpha value is -2.08. The fourth-order valence-corrected chi connectivity index (χ4v) is 2.08. The summed E-state index contributed by atoms with van der Waals surface area (Å²) in [6, 6.07) is 5.90. The molecule has 0 unspecified atom stereocenters. The number of oxime groups is 1. The molecule has 0 radical (unpaired) electrons. The van der Waals surface area contributed by atoms with E-state index in [9.17, 15) is 0 Å². The standard InChI is InChI=1S/C13H19N5O/c1-2-6-17(10-12(14)16-19)8-11-9-18-7-4-3-5-13(18)15-11/h3-5,7,9,19H,2,6,8,10H2,1H3,(H2,14,16). The number of nitrogens with zero attached hydrogens (tertiary/aromatic N) is 4. The van der Waals surface area contributed by atoms with Crippen molar-refractivity contribution in [1.29, 1.82) is 0 Å². The maximum atomic E-state index is 8.65. The molecule has 0 bridgehead atoms. The predicted molar refractivity (Wildman–Crippen MR) is 74.2 cm³/mol. The minimum absolute atomic E-state index is 0.220. The molecular weight excluding hydrogens is 242 g/mol. The van der Waals surface area contributed by atoms with E-state index in [2.05, 4.69) is 22.0 Å².